The molecule has 0 aliphatic rings. The van der Waals surface area contributed by atoms with E-state index in [1.165, 1.54) is 0 Å². The lowest BCUT2D eigenvalue weighted by Crippen LogP contribution is -2.27. The number of carbonyl (C=O) groups is 2. The summed E-state index contributed by atoms with van der Waals surface area (Å²) in [5.74, 6) is -1.57. The Morgan fingerprint density at radius 1 is 1.17 bits per heavy atom. The van der Waals surface area contributed by atoms with Crippen molar-refractivity contribution in [2.45, 2.75) is 13.0 Å². The van der Waals surface area contributed by atoms with Crippen molar-refractivity contribution < 1.29 is 14.7 Å². The predicted molar refractivity (Wildman–Crippen MR) is 86.7 cm³/mol. The van der Waals surface area contributed by atoms with Gasteiger partial charge in [0, 0.05) is 9.58 Å². The first-order valence-electron chi connectivity index (χ1n) is 6.89. The molecule has 1 unspecified atom stereocenters. The number of aromatic nitrogens is 2. The Labute approximate surface area is 135 Å². The highest BCUT2D eigenvalue weighted by Gasteiger charge is 2.16. The summed E-state index contributed by atoms with van der Waals surface area (Å²) in [5.41, 5.74) is -0.109. The molecule has 23 heavy (non-hydrogen) atoms. The zero-order valence-electron chi connectivity index (χ0n) is 12.2. The number of hydrogen-bond donors (Lipinski definition) is 2. The summed E-state index contributed by atoms with van der Waals surface area (Å²) in [6, 6.07) is 9.88. The first kappa shape index (κ1) is 15.1. The van der Waals surface area contributed by atoms with Crippen molar-refractivity contribution in [2.75, 3.05) is 0 Å². The lowest BCUT2D eigenvalue weighted by molar-refractivity contribution is 0.0689. The largest absolute Gasteiger partial charge is 0.476 e. The van der Waals surface area contributed by atoms with E-state index in [1.54, 1.807) is 11.3 Å². The van der Waals surface area contributed by atoms with Crippen molar-refractivity contribution in [1.29, 1.82) is 0 Å². The SMILES string of the molecule is CC(NC(=O)c1cnc(C(=O)O)cn1)c1cc2ccccc2s1. The lowest BCUT2D eigenvalue weighted by Gasteiger charge is -2.11. The second kappa shape index (κ2) is 6.13. The molecule has 116 valence electrons. The molecule has 0 aliphatic carbocycles. The van der Waals surface area contributed by atoms with Gasteiger partial charge in [-0.3, -0.25) is 4.79 Å². The number of hydrogen-bond acceptors (Lipinski definition) is 5. The van der Waals surface area contributed by atoms with Gasteiger partial charge in [0.15, 0.2) is 5.69 Å². The molecule has 2 aromatic heterocycles. The molecule has 0 saturated heterocycles. The highest BCUT2D eigenvalue weighted by Crippen LogP contribution is 2.29. The van der Waals surface area contributed by atoms with Crippen LogP contribution >= 0.6 is 11.3 Å². The Balaban J connectivity index is 1.74. The standard InChI is InChI=1S/C16H13N3O3S/c1-9(14-6-10-4-2-3-5-13(10)23-14)19-15(20)11-7-18-12(8-17-11)16(21)22/h2-9H,1H3,(H,19,20)(H,21,22). The second-order valence-electron chi connectivity index (χ2n) is 4.97. The molecule has 2 N–H and O–H groups in total. The minimum absolute atomic E-state index is 0.0861. The van der Waals surface area contributed by atoms with Crippen LogP contribution in [0.3, 0.4) is 0 Å². The Morgan fingerprint density at radius 2 is 1.87 bits per heavy atom. The molecular formula is C16H13N3O3S. The summed E-state index contributed by atoms with van der Waals surface area (Å²) >= 11 is 1.62. The number of benzene rings is 1. The number of thiophene rings is 1. The number of fused-ring (bicyclic) bond motifs is 1. The van der Waals surface area contributed by atoms with Crippen LogP contribution in [0.15, 0.2) is 42.7 Å². The average molecular weight is 327 g/mol. The molecule has 7 heteroatoms. The lowest BCUT2D eigenvalue weighted by atomic mass is 10.2. The van der Waals surface area contributed by atoms with Crippen molar-refractivity contribution in [1.82, 2.24) is 15.3 Å². The van der Waals surface area contributed by atoms with Crippen molar-refractivity contribution >= 4 is 33.3 Å². The average Bonchev–Trinajstić information content (AvgIpc) is 2.99. The molecule has 0 fully saturated rings. The highest BCUT2D eigenvalue weighted by atomic mass is 32.1. The van der Waals surface area contributed by atoms with E-state index in [2.05, 4.69) is 15.3 Å². The smallest absolute Gasteiger partial charge is 0.356 e. The fourth-order valence-corrected chi connectivity index (χ4v) is 3.18. The Morgan fingerprint density at radius 3 is 2.52 bits per heavy atom. The third kappa shape index (κ3) is 3.19. The van der Waals surface area contributed by atoms with Crippen LogP contribution in [0.4, 0.5) is 0 Å². The molecule has 0 aliphatic heterocycles. The topological polar surface area (TPSA) is 92.2 Å². The highest BCUT2D eigenvalue weighted by molar-refractivity contribution is 7.19. The molecule has 0 radical (unpaired) electrons. The van der Waals surface area contributed by atoms with E-state index in [9.17, 15) is 9.59 Å². The van der Waals surface area contributed by atoms with Gasteiger partial charge in [0.25, 0.3) is 5.91 Å². The maximum atomic E-state index is 12.2. The van der Waals surface area contributed by atoms with E-state index in [0.717, 1.165) is 27.4 Å². The van der Waals surface area contributed by atoms with Crippen molar-refractivity contribution in [3.63, 3.8) is 0 Å². The first-order chi connectivity index (χ1) is 11.0. The summed E-state index contributed by atoms with van der Waals surface area (Å²) in [7, 11) is 0. The summed E-state index contributed by atoms with van der Waals surface area (Å²) in [5, 5.41) is 12.8. The molecule has 1 aromatic carbocycles. The number of amides is 1. The molecule has 3 aromatic rings. The maximum Gasteiger partial charge on any atom is 0.356 e. The molecule has 3 rings (SSSR count). The number of nitrogens with zero attached hydrogens (tertiary/aromatic N) is 2. The molecule has 6 nitrogen and oxygen atoms in total. The van der Waals surface area contributed by atoms with Crippen LogP contribution in [0, 0.1) is 0 Å². The molecule has 0 saturated carbocycles. The van der Waals surface area contributed by atoms with E-state index in [0.29, 0.717) is 0 Å². The van der Waals surface area contributed by atoms with Gasteiger partial charge >= 0.3 is 5.97 Å². The van der Waals surface area contributed by atoms with E-state index in [4.69, 9.17) is 5.11 Å². The Bertz CT molecular complexity index is 841. The third-order valence-corrected chi connectivity index (χ3v) is 4.62. The van der Waals surface area contributed by atoms with Crippen molar-refractivity contribution in [3.05, 3.63) is 59.0 Å². The summed E-state index contributed by atoms with van der Waals surface area (Å²) in [6.07, 6.45) is 2.23. The number of nitrogens with one attached hydrogen (secondary N) is 1. The minimum atomic E-state index is -1.18. The fraction of sp³-hybridized carbons (Fsp3) is 0.125. The maximum absolute atomic E-state index is 12.2. The van der Waals surface area contributed by atoms with E-state index < -0.39 is 5.97 Å². The van der Waals surface area contributed by atoms with Gasteiger partial charge in [-0.15, -0.1) is 11.3 Å². The van der Waals surface area contributed by atoms with Gasteiger partial charge in [0.2, 0.25) is 0 Å². The van der Waals surface area contributed by atoms with Crippen LogP contribution in [0.25, 0.3) is 10.1 Å². The number of carbonyl (C=O) groups excluding carboxylic acids is 1. The number of carboxylic acid groups (broad SMARTS) is 1. The predicted octanol–water partition coefficient (Wildman–Crippen LogP) is 2.88. The second-order valence-corrected chi connectivity index (χ2v) is 6.09. The van der Waals surface area contributed by atoms with Crippen molar-refractivity contribution in [2.24, 2.45) is 0 Å². The third-order valence-electron chi connectivity index (χ3n) is 3.32. The Hall–Kier alpha value is -2.80. The van der Waals surface area contributed by atoms with Crippen LogP contribution in [-0.4, -0.2) is 27.0 Å². The van der Waals surface area contributed by atoms with Gasteiger partial charge < -0.3 is 10.4 Å². The summed E-state index contributed by atoms with van der Waals surface area (Å²) < 4.78 is 1.16. The monoisotopic (exact) mass is 327 g/mol. The van der Waals surface area contributed by atoms with Gasteiger partial charge in [-0.2, -0.15) is 0 Å². The normalized spacial score (nSPS) is 12.0. The summed E-state index contributed by atoms with van der Waals surface area (Å²) in [6.45, 7) is 1.89. The molecule has 1 atom stereocenters. The minimum Gasteiger partial charge on any atom is -0.476 e. The van der Waals surface area contributed by atoms with E-state index in [-0.39, 0.29) is 23.3 Å². The van der Waals surface area contributed by atoms with Crippen LogP contribution < -0.4 is 5.32 Å². The Kier molecular flexibility index (Phi) is 4.03. The van der Waals surface area contributed by atoms with Crippen molar-refractivity contribution in [3.8, 4) is 0 Å². The number of carboxylic acids is 1. The zero-order chi connectivity index (χ0) is 16.4. The van der Waals surface area contributed by atoms with Crippen LogP contribution in [0.2, 0.25) is 0 Å². The molecule has 0 bridgehead atoms. The van der Waals surface area contributed by atoms with E-state index in [1.807, 2.05) is 37.3 Å². The van der Waals surface area contributed by atoms with Gasteiger partial charge in [0.05, 0.1) is 18.4 Å². The molecule has 2 heterocycles. The molecule has 1 amide bonds. The van der Waals surface area contributed by atoms with Gasteiger partial charge in [-0.25, -0.2) is 14.8 Å². The molecular weight excluding hydrogens is 314 g/mol. The first-order valence-corrected chi connectivity index (χ1v) is 7.71. The van der Waals surface area contributed by atoms with Gasteiger partial charge in [-0.05, 0) is 24.4 Å². The fourth-order valence-electron chi connectivity index (χ4n) is 2.11. The van der Waals surface area contributed by atoms with Gasteiger partial charge in [0.1, 0.15) is 5.69 Å². The number of aromatic carboxylic acids is 1. The van der Waals surface area contributed by atoms with Crippen LogP contribution in [0.1, 0.15) is 38.8 Å². The zero-order valence-corrected chi connectivity index (χ0v) is 13.0. The van der Waals surface area contributed by atoms with Crippen LogP contribution in [-0.2, 0) is 0 Å². The molecule has 0 spiro atoms. The van der Waals surface area contributed by atoms with Gasteiger partial charge in [-0.1, -0.05) is 18.2 Å². The quantitative estimate of drug-likeness (QED) is 0.768. The number of rotatable bonds is 4. The van der Waals surface area contributed by atoms with Crippen LogP contribution in [0.5, 0.6) is 0 Å². The summed E-state index contributed by atoms with van der Waals surface area (Å²) in [4.78, 5) is 31.5. The van der Waals surface area contributed by atoms with E-state index >= 15 is 0 Å².